The molecule has 1 atom stereocenters. The minimum Gasteiger partial charge on any atom is -0.385 e. The molecule has 1 aromatic heterocycles. The van der Waals surface area contributed by atoms with Gasteiger partial charge in [-0.15, -0.1) is 0 Å². The second kappa shape index (κ2) is 9.40. The molecule has 0 radical (unpaired) electrons. The van der Waals surface area contributed by atoms with Crippen LogP contribution in [0.25, 0.3) is 5.57 Å². The van der Waals surface area contributed by atoms with Crippen molar-refractivity contribution >= 4 is 17.0 Å². The van der Waals surface area contributed by atoms with Crippen LogP contribution in [0.3, 0.4) is 0 Å². The first-order valence-electron chi connectivity index (χ1n) is 10.5. The van der Waals surface area contributed by atoms with E-state index in [9.17, 15) is 4.79 Å². The number of allylic oxidation sites excluding steroid dienone is 2. The summed E-state index contributed by atoms with van der Waals surface area (Å²) >= 11 is 0. The smallest absolute Gasteiger partial charge is 0.187 e. The topological polar surface area (TPSA) is 51.2 Å². The molecule has 1 aliphatic rings. The molecule has 158 valence electrons. The minimum absolute atomic E-state index is 0.0882. The molecule has 0 saturated heterocycles. The SMILES string of the molecule is C=CC(=O)c1ccc(C(=C)C2CC(C)(C)Cc3ncccc32)cc1NCCCOC. The number of aromatic nitrogens is 1. The van der Waals surface area contributed by atoms with Gasteiger partial charge in [-0.25, -0.2) is 0 Å². The van der Waals surface area contributed by atoms with Crippen molar-refractivity contribution < 1.29 is 9.53 Å². The van der Waals surface area contributed by atoms with Crippen molar-refractivity contribution in [3.8, 4) is 0 Å². The normalized spacial score (nSPS) is 17.1. The number of anilines is 1. The van der Waals surface area contributed by atoms with Crippen molar-refractivity contribution in [2.24, 2.45) is 5.41 Å². The molecular formula is C26H32N2O2. The Balaban J connectivity index is 1.93. The summed E-state index contributed by atoms with van der Waals surface area (Å²) in [5, 5.41) is 3.39. The van der Waals surface area contributed by atoms with Crippen molar-refractivity contribution in [3.05, 3.63) is 78.1 Å². The van der Waals surface area contributed by atoms with Crippen LogP contribution in [-0.2, 0) is 11.2 Å². The number of ketones is 1. The van der Waals surface area contributed by atoms with Gasteiger partial charge in [-0.3, -0.25) is 9.78 Å². The van der Waals surface area contributed by atoms with Crippen molar-refractivity contribution in [1.82, 2.24) is 4.98 Å². The fourth-order valence-corrected chi connectivity index (χ4v) is 4.27. The zero-order chi connectivity index (χ0) is 21.7. The highest BCUT2D eigenvalue weighted by atomic mass is 16.5. The van der Waals surface area contributed by atoms with Gasteiger partial charge in [0, 0.05) is 49.3 Å². The number of hydrogen-bond acceptors (Lipinski definition) is 4. The Hall–Kier alpha value is -2.72. The van der Waals surface area contributed by atoms with Crippen molar-refractivity contribution in [1.29, 1.82) is 0 Å². The van der Waals surface area contributed by atoms with E-state index in [-0.39, 0.29) is 17.1 Å². The Morgan fingerprint density at radius 1 is 1.37 bits per heavy atom. The van der Waals surface area contributed by atoms with Crippen LogP contribution >= 0.6 is 0 Å². The molecule has 0 amide bonds. The largest absolute Gasteiger partial charge is 0.385 e. The van der Waals surface area contributed by atoms with E-state index < -0.39 is 0 Å². The minimum atomic E-state index is -0.0882. The molecule has 2 aromatic rings. The third-order valence-corrected chi connectivity index (χ3v) is 5.81. The predicted octanol–water partition coefficient (Wildman–Crippen LogP) is 5.67. The van der Waals surface area contributed by atoms with E-state index in [2.05, 4.69) is 43.4 Å². The molecule has 0 bridgehead atoms. The number of nitrogens with zero attached hydrogens (tertiary/aromatic N) is 1. The van der Waals surface area contributed by atoms with Crippen molar-refractivity contribution in [2.45, 2.75) is 39.0 Å². The summed E-state index contributed by atoms with van der Waals surface area (Å²) in [5.74, 6) is 0.120. The van der Waals surface area contributed by atoms with Crippen LogP contribution in [-0.4, -0.2) is 31.0 Å². The maximum absolute atomic E-state index is 12.3. The average Bonchev–Trinajstić information content (AvgIpc) is 2.74. The molecule has 1 heterocycles. The van der Waals surface area contributed by atoms with E-state index >= 15 is 0 Å². The second-order valence-corrected chi connectivity index (χ2v) is 8.76. The molecule has 1 aliphatic carbocycles. The second-order valence-electron chi connectivity index (χ2n) is 8.76. The van der Waals surface area contributed by atoms with Gasteiger partial charge in [-0.1, -0.05) is 39.1 Å². The fourth-order valence-electron chi connectivity index (χ4n) is 4.27. The van der Waals surface area contributed by atoms with Gasteiger partial charge in [0.2, 0.25) is 0 Å². The first-order chi connectivity index (χ1) is 14.4. The van der Waals surface area contributed by atoms with E-state index in [4.69, 9.17) is 4.74 Å². The van der Waals surface area contributed by atoms with Gasteiger partial charge in [0.1, 0.15) is 0 Å². The van der Waals surface area contributed by atoms with Gasteiger partial charge >= 0.3 is 0 Å². The highest BCUT2D eigenvalue weighted by Gasteiger charge is 2.34. The van der Waals surface area contributed by atoms with E-state index in [1.165, 1.54) is 11.6 Å². The summed E-state index contributed by atoms with van der Waals surface area (Å²) in [5.41, 5.74) is 6.14. The van der Waals surface area contributed by atoms with E-state index in [1.807, 2.05) is 30.5 Å². The maximum atomic E-state index is 12.3. The average molecular weight is 405 g/mol. The third-order valence-electron chi connectivity index (χ3n) is 5.81. The number of ether oxygens (including phenoxy) is 1. The van der Waals surface area contributed by atoms with E-state index in [0.29, 0.717) is 12.2 Å². The first kappa shape index (κ1) is 22.0. The Morgan fingerprint density at radius 2 is 2.17 bits per heavy atom. The number of carbonyl (C=O) groups is 1. The molecule has 0 fully saturated rings. The van der Waals surface area contributed by atoms with Crippen molar-refractivity contribution in [2.75, 3.05) is 25.6 Å². The highest BCUT2D eigenvalue weighted by Crippen LogP contribution is 2.47. The number of hydrogen-bond donors (Lipinski definition) is 1. The molecule has 4 heteroatoms. The van der Waals surface area contributed by atoms with E-state index in [0.717, 1.165) is 48.3 Å². The number of fused-ring (bicyclic) bond motifs is 1. The van der Waals surface area contributed by atoms with Crippen LogP contribution in [0, 0.1) is 5.41 Å². The molecular weight excluding hydrogens is 372 g/mol. The molecule has 0 spiro atoms. The zero-order valence-corrected chi connectivity index (χ0v) is 18.3. The Labute approximate surface area is 180 Å². The summed E-state index contributed by atoms with van der Waals surface area (Å²) in [7, 11) is 1.69. The molecule has 4 nitrogen and oxygen atoms in total. The molecule has 0 saturated carbocycles. The van der Waals surface area contributed by atoms with Gasteiger partial charge in [-0.2, -0.15) is 0 Å². The molecule has 1 N–H and O–H groups in total. The summed E-state index contributed by atoms with van der Waals surface area (Å²) in [4.78, 5) is 17.0. The molecule has 3 rings (SSSR count). The van der Waals surface area contributed by atoms with Gasteiger partial charge < -0.3 is 10.1 Å². The first-order valence-corrected chi connectivity index (χ1v) is 10.5. The lowest BCUT2D eigenvalue weighted by molar-refractivity contribution is 0.104. The molecule has 0 aliphatic heterocycles. The number of benzene rings is 1. The summed E-state index contributed by atoms with van der Waals surface area (Å²) in [6, 6.07) is 10.1. The number of carbonyl (C=O) groups excluding carboxylic acids is 1. The number of pyridine rings is 1. The lowest BCUT2D eigenvalue weighted by Crippen LogP contribution is -2.27. The number of rotatable bonds is 9. The highest BCUT2D eigenvalue weighted by molar-refractivity contribution is 6.08. The van der Waals surface area contributed by atoms with Crippen LogP contribution in [0.4, 0.5) is 5.69 Å². The number of nitrogens with one attached hydrogen (secondary N) is 1. The fraction of sp³-hybridized carbons (Fsp3) is 0.385. The lowest BCUT2D eigenvalue weighted by atomic mass is 9.68. The van der Waals surface area contributed by atoms with Crippen molar-refractivity contribution in [3.63, 3.8) is 0 Å². The van der Waals surface area contributed by atoms with Crippen LogP contribution < -0.4 is 5.32 Å². The predicted molar refractivity (Wildman–Crippen MR) is 124 cm³/mol. The maximum Gasteiger partial charge on any atom is 0.187 e. The van der Waals surface area contributed by atoms with E-state index in [1.54, 1.807) is 7.11 Å². The monoisotopic (exact) mass is 404 g/mol. The van der Waals surface area contributed by atoms with Crippen LogP contribution in [0.2, 0.25) is 0 Å². The Morgan fingerprint density at radius 3 is 2.90 bits per heavy atom. The van der Waals surface area contributed by atoms with Gasteiger partial charge in [0.15, 0.2) is 5.78 Å². The summed E-state index contributed by atoms with van der Waals surface area (Å²) < 4.78 is 5.13. The van der Waals surface area contributed by atoms with Crippen LogP contribution in [0.15, 0.2) is 55.8 Å². The lowest BCUT2D eigenvalue weighted by Gasteiger charge is -2.37. The molecule has 1 aromatic carbocycles. The Kier molecular flexibility index (Phi) is 6.88. The quantitative estimate of drug-likeness (QED) is 0.332. The van der Waals surface area contributed by atoms with Gasteiger partial charge in [-0.05, 0) is 65.7 Å². The molecule has 1 unspecified atom stereocenters. The third kappa shape index (κ3) is 4.88. The zero-order valence-electron chi connectivity index (χ0n) is 18.3. The van der Waals surface area contributed by atoms with Crippen LogP contribution in [0.5, 0.6) is 0 Å². The standard InChI is InChI=1S/C26H32N2O2/c1-6-25(29)21-11-10-19(15-23(21)27-13-8-14-30-5)18(2)22-16-26(3,4)17-24-20(22)9-7-12-28-24/h6-7,9-12,15,22,27H,1-2,8,13-14,16-17H2,3-5H3. The van der Waals surface area contributed by atoms with Gasteiger partial charge in [0.05, 0.1) is 0 Å². The Bertz CT molecular complexity index is 946. The summed E-state index contributed by atoms with van der Waals surface area (Å²) in [6.45, 7) is 14.1. The van der Waals surface area contributed by atoms with Crippen LogP contribution in [0.1, 0.15) is 59.8 Å². The summed E-state index contributed by atoms with van der Waals surface area (Å²) in [6.07, 6.45) is 6.09. The van der Waals surface area contributed by atoms with Gasteiger partial charge in [0.25, 0.3) is 0 Å². The molecule has 30 heavy (non-hydrogen) atoms. The number of methoxy groups -OCH3 is 1.